The lowest BCUT2D eigenvalue weighted by Gasteiger charge is -2.30. The quantitative estimate of drug-likeness (QED) is 0.484. The van der Waals surface area contributed by atoms with Crippen LogP contribution in [0, 0.1) is 5.92 Å². The molecule has 0 aliphatic heterocycles. The lowest BCUT2D eigenvalue weighted by atomic mass is 10.1. The molecule has 2 atom stereocenters. The maximum absolute atomic E-state index is 12.7. The minimum absolute atomic E-state index is 0.102. The van der Waals surface area contributed by atoms with E-state index in [2.05, 4.69) is 0 Å². The van der Waals surface area contributed by atoms with E-state index in [0.717, 1.165) is 18.4 Å². The van der Waals surface area contributed by atoms with Gasteiger partial charge in [-0.1, -0.05) is 43.2 Å². The van der Waals surface area contributed by atoms with Gasteiger partial charge in [-0.25, -0.2) is 14.4 Å². The third kappa shape index (κ3) is 7.75. The molecule has 29 heavy (non-hydrogen) atoms. The second-order valence-corrected chi connectivity index (χ2v) is 8.46. The Morgan fingerprint density at radius 1 is 1.10 bits per heavy atom. The van der Waals surface area contributed by atoms with Crippen LogP contribution in [-0.4, -0.2) is 47.7 Å². The van der Waals surface area contributed by atoms with Gasteiger partial charge in [-0.15, -0.1) is 0 Å². The zero-order chi connectivity index (χ0) is 21.6. The van der Waals surface area contributed by atoms with Gasteiger partial charge in [0.2, 0.25) is 0 Å². The maximum Gasteiger partial charge on any atom is 0.410 e. The van der Waals surface area contributed by atoms with Gasteiger partial charge >= 0.3 is 18.0 Å². The van der Waals surface area contributed by atoms with Crippen molar-refractivity contribution in [3.8, 4) is 0 Å². The molecule has 1 amide bonds. The summed E-state index contributed by atoms with van der Waals surface area (Å²) in [6.45, 7) is 6.85. The highest BCUT2D eigenvalue weighted by molar-refractivity contribution is 5.84. The third-order valence-electron chi connectivity index (χ3n) is 4.52. The molecule has 1 fully saturated rings. The van der Waals surface area contributed by atoms with E-state index in [-0.39, 0.29) is 6.61 Å². The van der Waals surface area contributed by atoms with Crippen molar-refractivity contribution in [3.05, 3.63) is 35.9 Å². The predicted octanol–water partition coefficient (Wildman–Crippen LogP) is 3.70. The van der Waals surface area contributed by atoms with Crippen molar-refractivity contribution >= 4 is 18.0 Å². The molecular weight excluding hydrogens is 374 g/mol. The molecular formula is C22H31NO6. The Morgan fingerprint density at radius 3 is 2.28 bits per heavy atom. The Bertz CT molecular complexity index is 708. The van der Waals surface area contributed by atoms with Crippen molar-refractivity contribution in [3.63, 3.8) is 0 Å². The molecule has 160 valence electrons. The number of carbonyl (C=O) groups excluding carboxylic acids is 3. The number of carbonyl (C=O) groups is 3. The van der Waals surface area contributed by atoms with Gasteiger partial charge in [-0.2, -0.15) is 0 Å². The third-order valence-corrected chi connectivity index (χ3v) is 4.52. The van der Waals surface area contributed by atoms with Crippen LogP contribution >= 0.6 is 0 Å². The number of hydrogen-bond donors (Lipinski definition) is 0. The van der Waals surface area contributed by atoms with Crippen molar-refractivity contribution in [2.45, 2.75) is 71.3 Å². The van der Waals surface area contributed by atoms with E-state index in [1.165, 1.54) is 18.9 Å². The first-order valence-electron chi connectivity index (χ1n) is 9.93. The fraction of sp³-hybridized carbons (Fsp3) is 0.591. The van der Waals surface area contributed by atoms with Gasteiger partial charge in [0.05, 0.1) is 0 Å². The topological polar surface area (TPSA) is 82.1 Å². The van der Waals surface area contributed by atoms with Crippen molar-refractivity contribution in [2.24, 2.45) is 5.92 Å². The van der Waals surface area contributed by atoms with Crippen LogP contribution in [0.3, 0.4) is 0 Å². The molecule has 0 heterocycles. The number of benzene rings is 1. The number of amides is 1. The maximum atomic E-state index is 12.7. The second-order valence-electron chi connectivity index (χ2n) is 8.46. The van der Waals surface area contributed by atoms with Gasteiger partial charge < -0.3 is 14.2 Å². The molecule has 1 aliphatic carbocycles. The van der Waals surface area contributed by atoms with E-state index >= 15 is 0 Å². The van der Waals surface area contributed by atoms with Gasteiger partial charge in [0, 0.05) is 7.05 Å². The van der Waals surface area contributed by atoms with Crippen molar-refractivity contribution in [1.82, 2.24) is 4.90 Å². The summed E-state index contributed by atoms with van der Waals surface area (Å²) >= 11 is 0. The Hall–Kier alpha value is -2.57. The van der Waals surface area contributed by atoms with E-state index in [4.69, 9.17) is 14.2 Å². The molecule has 7 nitrogen and oxygen atoms in total. The molecule has 0 aromatic heterocycles. The number of ether oxygens (including phenoxy) is 3. The molecule has 1 aromatic rings. The Labute approximate surface area is 172 Å². The first-order valence-corrected chi connectivity index (χ1v) is 9.93. The highest BCUT2D eigenvalue weighted by atomic mass is 16.6. The first-order chi connectivity index (χ1) is 13.6. The predicted molar refractivity (Wildman–Crippen MR) is 107 cm³/mol. The lowest BCUT2D eigenvalue weighted by molar-refractivity contribution is -0.170. The smallest absolute Gasteiger partial charge is 0.410 e. The van der Waals surface area contributed by atoms with Crippen LogP contribution < -0.4 is 0 Å². The fourth-order valence-electron chi connectivity index (χ4n) is 2.69. The summed E-state index contributed by atoms with van der Waals surface area (Å²) in [5.41, 5.74) is 0.170. The Kier molecular flexibility index (Phi) is 7.65. The van der Waals surface area contributed by atoms with E-state index in [9.17, 15) is 14.4 Å². The summed E-state index contributed by atoms with van der Waals surface area (Å²) in [5, 5.41) is 0. The molecule has 0 radical (unpaired) electrons. The van der Waals surface area contributed by atoms with Crippen molar-refractivity contribution in [2.75, 3.05) is 7.05 Å². The molecule has 7 heteroatoms. The van der Waals surface area contributed by atoms with Gasteiger partial charge in [0.25, 0.3) is 0 Å². The van der Waals surface area contributed by atoms with Crippen molar-refractivity contribution < 1.29 is 28.6 Å². The second kappa shape index (κ2) is 9.76. The van der Waals surface area contributed by atoms with Gasteiger partial charge in [-0.3, -0.25) is 4.90 Å². The summed E-state index contributed by atoms with van der Waals surface area (Å²) in [5.74, 6) is -0.889. The number of hydrogen-bond acceptors (Lipinski definition) is 6. The minimum Gasteiger partial charge on any atom is -0.458 e. The molecule has 1 saturated carbocycles. The molecule has 0 N–H and O–H groups in total. The molecule has 0 spiro atoms. The molecule has 1 aliphatic rings. The van der Waals surface area contributed by atoms with Gasteiger partial charge in [0.15, 0.2) is 6.10 Å². The zero-order valence-electron chi connectivity index (χ0n) is 17.8. The Balaban J connectivity index is 1.93. The summed E-state index contributed by atoms with van der Waals surface area (Å²) in [6, 6.07) is 8.44. The van der Waals surface area contributed by atoms with Crippen LogP contribution in [0.2, 0.25) is 0 Å². The number of likely N-dealkylation sites (N-methyl/N-ethyl adjacent to an activating group) is 1. The van der Waals surface area contributed by atoms with E-state index < -0.39 is 35.8 Å². The molecule has 1 aromatic carbocycles. The SMILES string of the molecule is CC(OC(=O)C(CC1CC1)N(C)C(=O)OC(C)(C)C)C(=O)OCc1ccccc1. The van der Waals surface area contributed by atoms with Crippen LogP contribution in [-0.2, 0) is 30.4 Å². The zero-order valence-corrected chi connectivity index (χ0v) is 17.8. The molecule has 2 unspecified atom stereocenters. The molecule has 2 rings (SSSR count). The van der Waals surface area contributed by atoms with E-state index in [1.54, 1.807) is 20.8 Å². The molecule has 0 saturated heterocycles. The van der Waals surface area contributed by atoms with E-state index in [1.807, 2.05) is 30.3 Å². The van der Waals surface area contributed by atoms with Crippen LogP contribution in [0.1, 0.15) is 52.5 Å². The summed E-state index contributed by atoms with van der Waals surface area (Å²) < 4.78 is 15.9. The average Bonchev–Trinajstić information content (AvgIpc) is 3.47. The largest absolute Gasteiger partial charge is 0.458 e. The monoisotopic (exact) mass is 405 g/mol. The average molecular weight is 405 g/mol. The summed E-state index contributed by atoms with van der Waals surface area (Å²) in [6.07, 6.45) is 0.848. The highest BCUT2D eigenvalue weighted by Crippen LogP contribution is 2.35. The van der Waals surface area contributed by atoms with Crippen molar-refractivity contribution in [1.29, 1.82) is 0 Å². The standard InChI is InChI=1S/C22H31NO6/c1-15(19(24)27-14-17-9-7-6-8-10-17)28-20(25)18(13-16-11-12-16)23(5)21(26)29-22(2,3)4/h6-10,15-16,18H,11-14H2,1-5H3. The van der Waals surface area contributed by atoms with Gasteiger partial charge in [0.1, 0.15) is 18.2 Å². The summed E-state index contributed by atoms with van der Waals surface area (Å²) in [4.78, 5) is 38.6. The van der Waals surface area contributed by atoms with Crippen LogP contribution in [0.15, 0.2) is 30.3 Å². The lowest BCUT2D eigenvalue weighted by Crippen LogP contribution is -2.47. The number of esters is 2. The Morgan fingerprint density at radius 2 is 1.72 bits per heavy atom. The minimum atomic E-state index is -1.07. The normalized spacial score (nSPS) is 15.8. The molecule has 0 bridgehead atoms. The highest BCUT2D eigenvalue weighted by Gasteiger charge is 2.37. The first kappa shape index (κ1) is 22.7. The number of nitrogens with zero attached hydrogens (tertiary/aromatic N) is 1. The van der Waals surface area contributed by atoms with Gasteiger partial charge in [-0.05, 0) is 45.6 Å². The van der Waals surface area contributed by atoms with Crippen LogP contribution in [0.5, 0.6) is 0 Å². The number of rotatable bonds is 8. The fourth-order valence-corrected chi connectivity index (χ4v) is 2.69. The van der Waals surface area contributed by atoms with Crippen LogP contribution in [0.25, 0.3) is 0 Å². The summed E-state index contributed by atoms with van der Waals surface area (Å²) in [7, 11) is 1.51. The van der Waals surface area contributed by atoms with Crippen LogP contribution in [0.4, 0.5) is 4.79 Å². The van der Waals surface area contributed by atoms with E-state index in [0.29, 0.717) is 12.3 Å².